The predicted molar refractivity (Wildman–Crippen MR) is 207 cm³/mol. The Labute approximate surface area is 332 Å². The summed E-state index contributed by atoms with van der Waals surface area (Å²) < 4.78 is 34.2. The number of anilines is 1. The van der Waals surface area contributed by atoms with Crippen LogP contribution >= 0.6 is 0 Å². The van der Waals surface area contributed by atoms with E-state index in [1.54, 1.807) is 55.1 Å². The van der Waals surface area contributed by atoms with E-state index in [9.17, 15) is 24.3 Å². The van der Waals surface area contributed by atoms with Crippen molar-refractivity contribution in [1.29, 1.82) is 0 Å². The second-order valence-electron chi connectivity index (χ2n) is 12.6. The lowest BCUT2D eigenvalue weighted by Crippen LogP contribution is -2.54. The first-order valence-corrected chi connectivity index (χ1v) is 18.8. The van der Waals surface area contributed by atoms with Gasteiger partial charge in [0, 0.05) is 48.2 Å². The highest BCUT2D eigenvalue weighted by atomic mass is 16.6. The van der Waals surface area contributed by atoms with Crippen LogP contribution in [0.15, 0.2) is 41.8 Å². The smallest absolute Gasteiger partial charge is 0.312 e. The van der Waals surface area contributed by atoms with Crippen molar-refractivity contribution in [3.63, 3.8) is 0 Å². The fraction of sp³-hybridized carbons (Fsp3) is 0.639. The largest absolute Gasteiger partial charge is 0.388 e. The zero-order valence-electron chi connectivity index (χ0n) is 32.8. The Morgan fingerprint density at radius 3 is 1.93 bits per heavy atom. The molecule has 1 aromatic heterocycles. The van der Waals surface area contributed by atoms with Crippen LogP contribution in [0.1, 0.15) is 38.9 Å². The average Bonchev–Trinajstić information content (AvgIpc) is 3.68. The second kappa shape index (κ2) is 30.3. The highest BCUT2D eigenvalue weighted by molar-refractivity contribution is 5.98. The van der Waals surface area contributed by atoms with Crippen molar-refractivity contribution in [2.75, 3.05) is 97.7 Å². The van der Waals surface area contributed by atoms with Gasteiger partial charge in [0.1, 0.15) is 24.5 Å². The van der Waals surface area contributed by atoms with Gasteiger partial charge in [0.15, 0.2) is 0 Å². The maximum Gasteiger partial charge on any atom is 0.312 e. The summed E-state index contributed by atoms with van der Waals surface area (Å²) in [5, 5.41) is 23.7. The summed E-state index contributed by atoms with van der Waals surface area (Å²) in [6, 6.07) is 4.23. The topological polar surface area (TPSA) is 285 Å². The number of aliphatic hydroxyl groups excluding tert-OH is 1. The molecule has 318 valence electrons. The Bertz CT molecular complexity index is 1490. The van der Waals surface area contributed by atoms with E-state index in [1.165, 1.54) is 0 Å². The Balaban J connectivity index is 1.66. The van der Waals surface area contributed by atoms with E-state index < -0.39 is 35.8 Å². The molecule has 0 aliphatic heterocycles. The van der Waals surface area contributed by atoms with Crippen molar-refractivity contribution in [2.24, 2.45) is 16.8 Å². The Kier molecular flexibility index (Phi) is 25.7. The quantitative estimate of drug-likeness (QED) is 0.0257. The van der Waals surface area contributed by atoms with Crippen LogP contribution < -0.4 is 27.0 Å². The standard InChI is InChI=1S/C36H58N10O11/c1-27(2)33(44-32(48)9-14-52-16-18-54-20-22-56-24-25-57-23-21-55-19-17-53-15-12-41-45-38)35(50)43-30(4-3-10-40-36(37)51)34(49)42-28-5-7-29(8-6-28)46-13-11-39-31(46)26-47/h5-8,11,13,27,30,33,47H,3-4,9-10,12,14-26H2,1-2H3,(H,42,49)(H,43,50)(H,44,48)(H3,37,40,51). The van der Waals surface area contributed by atoms with Gasteiger partial charge in [0.2, 0.25) is 17.7 Å². The molecule has 5 amide bonds. The van der Waals surface area contributed by atoms with Crippen LogP contribution in [0.4, 0.5) is 10.5 Å². The Hall–Kier alpha value is -4.86. The minimum atomic E-state index is -0.993. The number of amides is 5. The average molecular weight is 807 g/mol. The number of nitrogens with one attached hydrogen (secondary N) is 4. The number of hydrogen-bond acceptors (Lipinski definition) is 13. The Morgan fingerprint density at radius 2 is 1.40 bits per heavy atom. The van der Waals surface area contributed by atoms with E-state index in [0.717, 1.165) is 5.69 Å². The molecule has 21 nitrogen and oxygen atoms in total. The number of urea groups is 1. The lowest BCUT2D eigenvalue weighted by Gasteiger charge is -2.25. The van der Waals surface area contributed by atoms with E-state index in [1.807, 2.05) is 0 Å². The number of ether oxygens (including phenoxy) is 6. The summed E-state index contributed by atoms with van der Waals surface area (Å²) in [6.07, 6.45) is 3.80. The van der Waals surface area contributed by atoms with Gasteiger partial charge in [-0.25, -0.2) is 9.78 Å². The van der Waals surface area contributed by atoms with Gasteiger partial charge < -0.3 is 65.1 Å². The SMILES string of the molecule is CC(C)C(NC(=O)CCOCCOCCOCCOCCOCCOCCN=[N+]=[N-])C(=O)NC(CCCNC(N)=O)C(=O)Nc1ccc(-n2ccnc2CO)cc1. The summed E-state index contributed by atoms with van der Waals surface area (Å²) in [4.78, 5) is 57.4. The zero-order chi connectivity index (χ0) is 41.5. The predicted octanol–water partition coefficient (Wildman–Crippen LogP) is 1.18. The third-order valence-electron chi connectivity index (χ3n) is 7.87. The lowest BCUT2D eigenvalue weighted by atomic mass is 10.0. The number of nitrogens with two attached hydrogens (primary N) is 1. The molecule has 0 bridgehead atoms. The van der Waals surface area contributed by atoms with Crippen LogP contribution in [0.2, 0.25) is 0 Å². The molecular weight excluding hydrogens is 748 g/mol. The van der Waals surface area contributed by atoms with Gasteiger partial charge in [-0.05, 0) is 48.6 Å². The second-order valence-corrected chi connectivity index (χ2v) is 12.6. The minimum absolute atomic E-state index is 0.00880. The van der Waals surface area contributed by atoms with Crippen molar-refractivity contribution >= 4 is 29.4 Å². The van der Waals surface area contributed by atoms with Crippen molar-refractivity contribution in [2.45, 2.75) is 51.8 Å². The van der Waals surface area contributed by atoms with Crippen molar-refractivity contribution in [1.82, 2.24) is 25.5 Å². The molecule has 0 aliphatic rings. The van der Waals surface area contributed by atoms with E-state index in [4.69, 9.17) is 39.7 Å². The molecule has 1 heterocycles. The molecule has 0 radical (unpaired) electrons. The number of hydrogen-bond donors (Lipinski definition) is 6. The van der Waals surface area contributed by atoms with Gasteiger partial charge in [-0.1, -0.05) is 19.0 Å². The Morgan fingerprint density at radius 1 is 0.842 bits per heavy atom. The van der Waals surface area contributed by atoms with Crippen molar-refractivity contribution in [3.05, 3.63) is 52.9 Å². The number of aromatic nitrogens is 2. The van der Waals surface area contributed by atoms with E-state index in [2.05, 4.69) is 36.3 Å². The molecule has 2 aromatic rings. The minimum Gasteiger partial charge on any atom is -0.388 e. The zero-order valence-corrected chi connectivity index (χ0v) is 32.8. The summed E-state index contributed by atoms with van der Waals surface area (Å²) >= 11 is 0. The third-order valence-corrected chi connectivity index (χ3v) is 7.87. The number of benzene rings is 1. The summed E-state index contributed by atoms with van der Waals surface area (Å²) in [5.74, 6) is -1.26. The summed E-state index contributed by atoms with van der Waals surface area (Å²) in [7, 11) is 0. The number of primary amides is 1. The monoisotopic (exact) mass is 806 g/mol. The highest BCUT2D eigenvalue weighted by Crippen LogP contribution is 2.16. The van der Waals surface area contributed by atoms with Crippen LogP contribution in [-0.4, -0.2) is 143 Å². The molecule has 2 atom stereocenters. The van der Waals surface area contributed by atoms with Gasteiger partial charge >= 0.3 is 6.03 Å². The van der Waals surface area contributed by atoms with E-state index >= 15 is 0 Å². The van der Waals surface area contributed by atoms with Crippen molar-refractivity contribution < 1.29 is 52.7 Å². The number of carbonyl (C=O) groups excluding carboxylic acids is 4. The van der Waals surface area contributed by atoms with Crippen molar-refractivity contribution in [3.8, 4) is 5.69 Å². The molecule has 0 aliphatic carbocycles. The molecule has 2 unspecified atom stereocenters. The number of imidazole rings is 1. The third kappa shape index (κ3) is 21.9. The number of rotatable bonds is 33. The molecule has 0 saturated heterocycles. The maximum absolute atomic E-state index is 13.4. The van der Waals surface area contributed by atoms with Gasteiger partial charge in [0.25, 0.3) is 0 Å². The highest BCUT2D eigenvalue weighted by Gasteiger charge is 2.29. The molecule has 1 aromatic carbocycles. The molecule has 21 heteroatoms. The van der Waals surface area contributed by atoms with Crippen LogP contribution in [0.3, 0.4) is 0 Å². The fourth-order valence-corrected chi connectivity index (χ4v) is 4.97. The van der Waals surface area contributed by atoms with Gasteiger partial charge in [-0.15, -0.1) is 0 Å². The number of carbonyl (C=O) groups is 4. The first kappa shape index (κ1) is 48.3. The maximum atomic E-state index is 13.4. The normalized spacial score (nSPS) is 12.1. The van der Waals surface area contributed by atoms with Gasteiger partial charge in [0.05, 0.1) is 79.3 Å². The molecule has 57 heavy (non-hydrogen) atoms. The number of nitrogens with zero attached hydrogens (tertiary/aromatic N) is 5. The lowest BCUT2D eigenvalue weighted by molar-refractivity contribution is -0.132. The molecule has 7 N–H and O–H groups in total. The summed E-state index contributed by atoms with van der Waals surface area (Å²) in [5.41, 5.74) is 14.5. The first-order chi connectivity index (χ1) is 27.7. The number of azide groups is 1. The molecule has 0 saturated carbocycles. The summed E-state index contributed by atoms with van der Waals surface area (Å²) in [6.45, 7) is 8.12. The van der Waals surface area contributed by atoms with Crippen LogP contribution in [0.5, 0.6) is 0 Å². The molecule has 2 rings (SSSR count). The fourth-order valence-electron chi connectivity index (χ4n) is 4.97. The van der Waals surface area contributed by atoms with Gasteiger partial charge in [-0.2, -0.15) is 0 Å². The molecular formula is C36H58N10O11. The van der Waals surface area contributed by atoms with E-state index in [0.29, 0.717) is 90.5 Å². The first-order valence-electron chi connectivity index (χ1n) is 18.8. The molecule has 0 fully saturated rings. The van der Waals surface area contributed by atoms with Crippen LogP contribution in [0.25, 0.3) is 16.1 Å². The van der Waals surface area contributed by atoms with E-state index in [-0.39, 0.29) is 45.1 Å². The molecule has 0 spiro atoms. The van der Waals surface area contributed by atoms with Crippen LogP contribution in [-0.2, 0) is 49.4 Å². The van der Waals surface area contributed by atoms with Gasteiger partial charge in [-0.3, -0.25) is 14.4 Å². The van der Waals surface area contributed by atoms with Crippen LogP contribution in [0, 0.1) is 5.92 Å². The number of aliphatic hydroxyl groups is 1.